The van der Waals surface area contributed by atoms with Crippen molar-refractivity contribution in [3.05, 3.63) is 114 Å². The van der Waals surface area contributed by atoms with Crippen LogP contribution < -0.4 is 15.8 Å². The third kappa shape index (κ3) is 8.67. The molecule has 0 saturated carbocycles. The van der Waals surface area contributed by atoms with Gasteiger partial charge in [0.1, 0.15) is 0 Å². The molecule has 1 heterocycles. The van der Waals surface area contributed by atoms with Crippen LogP contribution in [0, 0.1) is 6.92 Å². The Morgan fingerprint density at radius 1 is 0.838 bits per heavy atom. The van der Waals surface area contributed by atoms with Crippen LogP contribution in [-0.4, -0.2) is 24.4 Å². The Morgan fingerprint density at radius 2 is 1.51 bits per heavy atom. The Bertz CT molecular complexity index is 1370. The van der Waals surface area contributed by atoms with Crippen molar-refractivity contribution in [2.24, 2.45) is 5.14 Å². The second-order valence-corrected chi connectivity index (χ2v) is 10.8. The Labute approximate surface area is 222 Å². The average molecular weight is 541 g/mol. The van der Waals surface area contributed by atoms with Gasteiger partial charge in [-0.05, 0) is 53.9 Å². The minimum absolute atomic E-state index is 0. The monoisotopic (exact) mass is 540 g/mol. The molecule has 4 rings (SSSR count). The molecule has 0 amide bonds. The van der Waals surface area contributed by atoms with E-state index in [1.165, 1.54) is 11.8 Å². The molecule has 196 valence electrons. The fourth-order valence-corrected chi connectivity index (χ4v) is 5.65. The van der Waals surface area contributed by atoms with E-state index >= 15 is 0 Å². The van der Waals surface area contributed by atoms with Gasteiger partial charge in [-0.1, -0.05) is 65.9 Å². The third-order valence-corrected chi connectivity index (χ3v) is 7.58. The van der Waals surface area contributed by atoms with Crippen molar-refractivity contribution in [3.8, 4) is 0 Å². The van der Waals surface area contributed by atoms with E-state index in [-0.39, 0.29) is 15.8 Å². The van der Waals surface area contributed by atoms with Gasteiger partial charge in [-0.2, -0.15) is 0 Å². The molecule has 0 aliphatic rings. The topological polar surface area (TPSA) is 160 Å². The van der Waals surface area contributed by atoms with Gasteiger partial charge in [0.15, 0.2) is 0 Å². The zero-order valence-corrected chi connectivity index (χ0v) is 22.1. The molecule has 0 fully saturated rings. The number of rotatable bonds is 10. The number of nitrogens with one attached hydrogen (secondary N) is 2. The molecule has 0 atom stereocenters. The maximum Gasteiger partial charge on any atom is 0.239 e. The summed E-state index contributed by atoms with van der Waals surface area (Å²) in [6, 6.07) is 25.5. The SMILES string of the molecule is Cc1ccc(Sc2c(NCc3ccccc3)cc(CNCc3cccnc3)cc2S(N)(=O)=O)cc1.O.O. The van der Waals surface area contributed by atoms with E-state index < -0.39 is 10.0 Å². The quantitative estimate of drug-likeness (QED) is 0.279. The van der Waals surface area contributed by atoms with Crippen LogP contribution in [0.25, 0.3) is 0 Å². The van der Waals surface area contributed by atoms with Crippen molar-refractivity contribution >= 4 is 27.5 Å². The van der Waals surface area contributed by atoms with Crippen LogP contribution in [0.1, 0.15) is 22.3 Å². The largest absolute Gasteiger partial charge is 0.412 e. The van der Waals surface area contributed by atoms with Crippen molar-refractivity contribution in [1.82, 2.24) is 10.3 Å². The number of sulfonamides is 1. The standard InChI is InChI=1S/C27H28N4O2S2.2H2O/c1-20-9-11-24(12-10-20)34-27-25(31-19-21-6-3-2-4-7-21)14-23(15-26(27)35(28,32)33)18-30-17-22-8-5-13-29-16-22;;/h2-16,30-31H,17-19H2,1H3,(H2,28,32,33);2*1H2. The van der Waals surface area contributed by atoms with E-state index in [1.807, 2.05) is 79.7 Å². The molecular weight excluding hydrogens is 508 g/mol. The lowest BCUT2D eigenvalue weighted by Gasteiger charge is -2.18. The molecule has 37 heavy (non-hydrogen) atoms. The maximum atomic E-state index is 12.7. The first-order chi connectivity index (χ1) is 16.9. The van der Waals surface area contributed by atoms with E-state index in [0.29, 0.717) is 24.5 Å². The summed E-state index contributed by atoms with van der Waals surface area (Å²) in [4.78, 5) is 5.76. The van der Waals surface area contributed by atoms with Gasteiger partial charge in [-0.3, -0.25) is 4.98 Å². The molecule has 0 saturated heterocycles. The second-order valence-electron chi connectivity index (χ2n) is 8.23. The number of benzene rings is 3. The second kappa shape index (κ2) is 13.9. The minimum Gasteiger partial charge on any atom is -0.412 e. The summed E-state index contributed by atoms with van der Waals surface area (Å²) in [6.45, 7) is 3.67. The average Bonchev–Trinajstić information content (AvgIpc) is 2.85. The van der Waals surface area contributed by atoms with Crippen LogP contribution in [0.3, 0.4) is 0 Å². The van der Waals surface area contributed by atoms with Gasteiger partial charge in [-0.15, -0.1) is 0 Å². The maximum absolute atomic E-state index is 12.7. The molecule has 0 aliphatic heterocycles. The van der Waals surface area contributed by atoms with Crippen molar-refractivity contribution in [3.63, 3.8) is 0 Å². The summed E-state index contributed by atoms with van der Waals surface area (Å²) in [5, 5.41) is 12.5. The Balaban J connectivity index is 0.00000241. The number of pyridine rings is 1. The van der Waals surface area contributed by atoms with Gasteiger partial charge in [-0.25, -0.2) is 13.6 Å². The van der Waals surface area contributed by atoms with Gasteiger partial charge in [0.05, 0.1) is 15.5 Å². The van der Waals surface area contributed by atoms with E-state index in [9.17, 15) is 8.42 Å². The highest BCUT2D eigenvalue weighted by molar-refractivity contribution is 8.00. The van der Waals surface area contributed by atoms with Crippen LogP contribution in [0.5, 0.6) is 0 Å². The fourth-order valence-electron chi connectivity index (χ4n) is 3.58. The molecule has 0 radical (unpaired) electrons. The van der Waals surface area contributed by atoms with Gasteiger partial charge in [0, 0.05) is 36.9 Å². The molecule has 1 aromatic heterocycles. The predicted molar refractivity (Wildman–Crippen MR) is 149 cm³/mol. The lowest BCUT2D eigenvalue weighted by atomic mass is 10.1. The van der Waals surface area contributed by atoms with E-state index in [2.05, 4.69) is 15.6 Å². The van der Waals surface area contributed by atoms with Crippen molar-refractivity contribution in [2.45, 2.75) is 41.2 Å². The van der Waals surface area contributed by atoms with Gasteiger partial charge >= 0.3 is 0 Å². The zero-order valence-electron chi connectivity index (χ0n) is 20.4. The van der Waals surface area contributed by atoms with Crippen LogP contribution >= 0.6 is 11.8 Å². The molecule has 0 unspecified atom stereocenters. The lowest BCUT2D eigenvalue weighted by molar-refractivity contribution is 0.595. The molecule has 10 heteroatoms. The van der Waals surface area contributed by atoms with Crippen molar-refractivity contribution in [2.75, 3.05) is 5.32 Å². The van der Waals surface area contributed by atoms with Crippen LogP contribution in [0.2, 0.25) is 0 Å². The first-order valence-corrected chi connectivity index (χ1v) is 13.6. The van der Waals surface area contributed by atoms with Crippen LogP contribution in [0.15, 0.2) is 106 Å². The summed E-state index contributed by atoms with van der Waals surface area (Å²) in [6.07, 6.45) is 3.54. The molecule has 4 aromatic rings. The number of primary sulfonamides is 1. The zero-order chi connectivity index (χ0) is 24.7. The highest BCUT2D eigenvalue weighted by Crippen LogP contribution is 2.39. The molecule has 0 bridgehead atoms. The number of nitrogens with zero attached hydrogens (tertiary/aromatic N) is 1. The summed E-state index contributed by atoms with van der Waals surface area (Å²) in [5.74, 6) is 0. The van der Waals surface area contributed by atoms with Crippen LogP contribution in [-0.2, 0) is 29.7 Å². The van der Waals surface area contributed by atoms with E-state index in [4.69, 9.17) is 5.14 Å². The van der Waals surface area contributed by atoms with Gasteiger partial charge in [0.2, 0.25) is 10.0 Å². The summed E-state index contributed by atoms with van der Waals surface area (Å²) in [7, 11) is -3.97. The summed E-state index contributed by atoms with van der Waals surface area (Å²) >= 11 is 1.39. The summed E-state index contributed by atoms with van der Waals surface area (Å²) in [5.41, 5.74) is 4.83. The van der Waals surface area contributed by atoms with Crippen molar-refractivity contribution < 1.29 is 19.4 Å². The predicted octanol–water partition coefficient (Wildman–Crippen LogP) is 3.44. The highest BCUT2D eigenvalue weighted by Gasteiger charge is 2.20. The van der Waals surface area contributed by atoms with Gasteiger partial charge < -0.3 is 21.6 Å². The van der Waals surface area contributed by atoms with Gasteiger partial charge in [0.25, 0.3) is 0 Å². The van der Waals surface area contributed by atoms with Crippen LogP contribution in [0.4, 0.5) is 5.69 Å². The normalized spacial score (nSPS) is 10.8. The number of aryl methyl sites for hydroxylation is 1. The number of hydrogen-bond donors (Lipinski definition) is 3. The smallest absolute Gasteiger partial charge is 0.239 e. The molecule has 8 N–H and O–H groups in total. The van der Waals surface area contributed by atoms with E-state index in [0.717, 1.165) is 32.8 Å². The lowest BCUT2D eigenvalue weighted by Crippen LogP contribution is -2.17. The number of aromatic nitrogens is 1. The molecule has 8 nitrogen and oxygen atoms in total. The number of anilines is 1. The number of hydrogen-bond acceptors (Lipinski definition) is 6. The Morgan fingerprint density at radius 3 is 2.16 bits per heavy atom. The third-order valence-electron chi connectivity index (χ3n) is 5.37. The minimum atomic E-state index is -3.97. The Kier molecular flexibility index (Phi) is 11.3. The first-order valence-electron chi connectivity index (χ1n) is 11.2. The summed E-state index contributed by atoms with van der Waals surface area (Å²) < 4.78 is 25.4. The molecular formula is C27H32N4O4S2. The number of nitrogens with two attached hydrogens (primary N) is 1. The Hall–Kier alpha value is -3.25. The molecule has 0 aliphatic carbocycles. The fraction of sp³-hybridized carbons (Fsp3) is 0.148. The highest BCUT2D eigenvalue weighted by atomic mass is 32.2. The van der Waals surface area contributed by atoms with Crippen molar-refractivity contribution in [1.29, 1.82) is 0 Å². The van der Waals surface area contributed by atoms with E-state index in [1.54, 1.807) is 18.5 Å². The first kappa shape index (κ1) is 30.0. The molecule has 0 spiro atoms. The molecule has 3 aromatic carbocycles.